The Morgan fingerprint density at radius 2 is 2.37 bits per heavy atom. The fourth-order valence-corrected chi connectivity index (χ4v) is 2.15. The second-order valence-electron chi connectivity index (χ2n) is 3.61. The lowest BCUT2D eigenvalue weighted by Crippen LogP contribution is -2.25. The standard InChI is InChI=1S/C11H12N4O3S/c1-18-11(17)8-6-19-9(15-8)2-3-12-10(16)7-4-13-14-5-7/h4-6H,2-3H2,1H3,(H,12,16)(H,13,14). The average molecular weight is 280 g/mol. The normalized spacial score (nSPS) is 10.2. The molecular formula is C11H12N4O3S. The van der Waals surface area contributed by atoms with Crippen molar-refractivity contribution in [1.29, 1.82) is 0 Å². The van der Waals surface area contributed by atoms with Crippen LogP contribution >= 0.6 is 11.3 Å². The van der Waals surface area contributed by atoms with Gasteiger partial charge in [0.05, 0.1) is 23.9 Å². The van der Waals surface area contributed by atoms with Gasteiger partial charge in [0.15, 0.2) is 5.69 Å². The van der Waals surface area contributed by atoms with Gasteiger partial charge in [-0.3, -0.25) is 9.89 Å². The highest BCUT2D eigenvalue weighted by atomic mass is 32.1. The van der Waals surface area contributed by atoms with Crippen molar-refractivity contribution < 1.29 is 14.3 Å². The summed E-state index contributed by atoms with van der Waals surface area (Å²) in [5.41, 5.74) is 0.776. The van der Waals surface area contributed by atoms with E-state index in [0.29, 0.717) is 24.2 Å². The van der Waals surface area contributed by atoms with E-state index in [1.165, 1.54) is 30.8 Å². The molecule has 19 heavy (non-hydrogen) atoms. The average Bonchev–Trinajstić information content (AvgIpc) is 3.08. The SMILES string of the molecule is COC(=O)c1csc(CCNC(=O)c2cn[nH]c2)n1. The highest BCUT2D eigenvalue weighted by Gasteiger charge is 2.11. The van der Waals surface area contributed by atoms with Crippen LogP contribution in [0.4, 0.5) is 0 Å². The van der Waals surface area contributed by atoms with Crippen molar-refractivity contribution in [3.8, 4) is 0 Å². The highest BCUT2D eigenvalue weighted by Crippen LogP contribution is 2.10. The van der Waals surface area contributed by atoms with Crippen molar-refractivity contribution in [2.45, 2.75) is 6.42 Å². The van der Waals surface area contributed by atoms with Gasteiger partial charge in [0.2, 0.25) is 0 Å². The fraction of sp³-hybridized carbons (Fsp3) is 0.273. The zero-order valence-electron chi connectivity index (χ0n) is 10.2. The van der Waals surface area contributed by atoms with Crippen LogP contribution in [-0.4, -0.2) is 40.7 Å². The van der Waals surface area contributed by atoms with Crippen LogP contribution in [-0.2, 0) is 11.2 Å². The van der Waals surface area contributed by atoms with Gasteiger partial charge in [0.25, 0.3) is 5.91 Å². The lowest BCUT2D eigenvalue weighted by Gasteiger charge is -2.00. The predicted octanol–water partition coefficient (Wildman–Crippen LogP) is 0.625. The van der Waals surface area contributed by atoms with Crippen molar-refractivity contribution in [2.75, 3.05) is 13.7 Å². The number of carbonyl (C=O) groups is 2. The summed E-state index contributed by atoms with van der Waals surface area (Å²) < 4.78 is 4.57. The summed E-state index contributed by atoms with van der Waals surface area (Å²) in [7, 11) is 1.31. The van der Waals surface area contributed by atoms with E-state index < -0.39 is 5.97 Å². The number of methoxy groups -OCH3 is 1. The molecule has 0 aliphatic rings. The van der Waals surface area contributed by atoms with Crippen LogP contribution in [0.5, 0.6) is 0 Å². The topological polar surface area (TPSA) is 97.0 Å². The van der Waals surface area contributed by atoms with Crippen LogP contribution in [0.3, 0.4) is 0 Å². The first-order valence-electron chi connectivity index (χ1n) is 5.50. The molecule has 0 saturated carbocycles. The number of hydrogen-bond donors (Lipinski definition) is 2. The number of amides is 1. The summed E-state index contributed by atoms with van der Waals surface area (Å²) in [5, 5.41) is 11.4. The number of aromatic nitrogens is 3. The van der Waals surface area contributed by atoms with E-state index in [2.05, 4.69) is 25.2 Å². The quantitative estimate of drug-likeness (QED) is 0.783. The Kier molecular flexibility index (Phi) is 4.24. The maximum atomic E-state index is 11.6. The Morgan fingerprint density at radius 3 is 3.05 bits per heavy atom. The maximum absolute atomic E-state index is 11.6. The van der Waals surface area contributed by atoms with Gasteiger partial charge < -0.3 is 10.1 Å². The van der Waals surface area contributed by atoms with E-state index in [4.69, 9.17) is 0 Å². The first kappa shape index (κ1) is 13.2. The Bertz CT molecular complexity index is 564. The second kappa shape index (κ2) is 6.10. The number of aromatic amines is 1. The third kappa shape index (κ3) is 3.38. The number of H-pyrrole nitrogens is 1. The molecular weight excluding hydrogens is 268 g/mol. The van der Waals surface area contributed by atoms with Crippen LogP contribution in [0.25, 0.3) is 0 Å². The minimum absolute atomic E-state index is 0.196. The van der Waals surface area contributed by atoms with Crippen LogP contribution in [0.15, 0.2) is 17.8 Å². The van der Waals surface area contributed by atoms with E-state index >= 15 is 0 Å². The van der Waals surface area contributed by atoms with E-state index in [0.717, 1.165) is 5.01 Å². The van der Waals surface area contributed by atoms with Crippen molar-refractivity contribution >= 4 is 23.2 Å². The number of ether oxygens (including phenoxy) is 1. The first-order chi connectivity index (χ1) is 9.20. The summed E-state index contributed by atoms with van der Waals surface area (Å²) >= 11 is 1.36. The first-order valence-corrected chi connectivity index (χ1v) is 6.38. The van der Waals surface area contributed by atoms with Crippen LogP contribution < -0.4 is 5.32 Å². The summed E-state index contributed by atoms with van der Waals surface area (Å²) in [6.45, 7) is 0.443. The molecule has 0 spiro atoms. The smallest absolute Gasteiger partial charge is 0.357 e. The molecule has 0 saturated heterocycles. The van der Waals surface area contributed by atoms with Crippen molar-refractivity contribution in [1.82, 2.24) is 20.5 Å². The molecule has 0 aliphatic carbocycles. The minimum atomic E-state index is -0.454. The summed E-state index contributed by atoms with van der Waals surface area (Å²) in [6, 6.07) is 0. The molecule has 7 nitrogen and oxygen atoms in total. The molecule has 0 radical (unpaired) electrons. The Morgan fingerprint density at radius 1 is 1.53 bits per heavy atom. The molecule has 0 unspecified atom stereocenters. The number of hydrogen-bond acceptors (Lipinski definition) is 6. The number of carbonyl (C=O) groups excluding carboxylic acids is 2. The lowest BCUT2D eigenvalue weighted by atomic mass is 10.3. The van der Waals surface area contributed by atoms with Gasteiger partial charge in [0.1, 0.15) is 0 Å². The summed E-state index contributed by atoms with van der Waals surface area (Å²) in [4.78, 5) is 26.9. The molecule has 8 heteroatoms. The number of esters is 1. The Labute approximate surface area is 113 Å². The highest BCUT2D eigenvalue weighted by molar-refractivity contribution is 7.09. The largest absolute Gasteiger partial charge is 0.464 e. The monoisotopic (exact) mass is 280 g/mol. The molecule has 2 rings (SSSR count). The van der Waals surface area contributed by atoms with Crippen molar-refractivity contribution in [2.24, 2.45) is 0 Å². The van der Waals surface area contributed by atoms with Crippen LogP contribution in [0, 0.1) is 0 Å². The molecule has 0 aromatic carbocycles. The molecule has 2 N–H and O–H groups in total. The molecule has 1 amide bonds. The van der Waals surface area contributed by atoms with Crippen LogP contribution in [0.2, 0.25) is 0 Å². The zero-order valence-corrected chi connectivity index (χ0v) is 11.0. The Balaban J connectivity index is 1.81. The zero-order chi connectivity index (χ0) is 13.7. The number of nitrogens with zero attached hydrogens (tertiary/aromatic N) is 2. The van der Waals surface area contributed by atoms with Gasteiger partial charge in [-0.05, 0) is 0 Å². The molecule has 0 fully saturated rings. The maximum Gasteiger partial charge on any atom is 0.357 e. The number of thiazole rings is 1. The van der Waals surface area contributed by atoms with Gasteiger partial charge in [-0.15, -0.1) is 11.3 Å². The van der Waals surface area contributed by atoms with Gasteiger partial charge >= 0.3 is 5.97 Å². The van der Waals surface area contributed by atoms with Gasteiger partial charge in [-0.25, -0.2) is 9.78 Å². The van der Waals surface area contributed by atoms with Crippen molar-refractivity contribution in [3.05, 3.63) is 34.0 Å². The second-order valence-corrected chi connectivity index (χ2v) is 4.55. The fourth-order valence-electron chi connectivity index (χ4n) is 1.38. The van der Waals surface area contributed by atoms with Gasteiger partial charge in [-0.2, -0.15) is 5.10 Å². The van der Waals surface area contributed by atoms with Gasteiger partial charge in [-0.1, -0.05) is 0 Å². The molecule has 0 atom stereocenters. The van der Waals surface area contributed by atoms with E-state index in [1.54, 1.807) is 5.38 Å². The number of rotatable bonds is 5. The Hall–Kier alpha value is -2.22. The molecule has 100 valence electrons. The molecule has 0 aliphatic heterocycles. The van der Waals surface area contributed by atoms with E-state index in [-0.39, 0.29) is 5.91 Å². The molecule has 0 bridgehead atoms. The van der Waals surface area contributed by atoms with Crippen LogP contribution in [0.1, 0.15) is 25.9 Å². The summed E-state index contributed by atoms with van der Waals surface area (Å²) in [5.74, 6) is -0.650. The molecule has 2 aromatic heterocycles. The summed E-state index contributed by atoms with van der Waals surface area (Å²) in [6.07, 6.45) is 3.54. The van der Waals surface area contributed by atoms with Crippen molar-refractivity contribution in [3.63, 3.8) is 0 Å². The minimum Gasteiger partial charge on any atom is -0.464 e. The predicted molar refractivity (Wildman–Crippen MR) is 68.1 cm³/mol. The molecule has 2 heterocycles. The third-order valence-corrected chi connectivity index (χ3v) is 3.24. The third-order valence-electron chi connectivity index (χ3n) is 2.33. The van der Waals surface area contributed by atoms with E-state index in [9.17, 15) is 9.59 Å². The number of nitrogens with one attached hydrogen (secondary N) is 2. The van der Waals surface area contributed by atoms with Gasteiger partial charge in [0, 0.05) is 24.5 Å². The van der Waals surface area contributed by atoms with E-state index in [1.807, 2.05) is 0 Å². The molecule has 2 aromatic rings. The lowest BCUT2D eigenvalue weighted by molar-refractivity contribution is 0.0594.